The van der Waals surface area contributed by atoms with Crippen LogP contribution in [-0.4, -0.2) is 15.2 Å². The molecule has 0 saturated heterocycles. The summed E-state index contributed by atoms with van der Waals surface area (Å²) < 4.78 is 5.53. The molecule has 0 N–H and O–H groups in total. The molecular weight excluding hydrogens is 280 g/mol. The molecule has 19 heavy (non-hydrogen) atoms. The van der Waals surface area contributed by atoms with Gasteiger partial charge in [0.2, 0.25) is 0 Å². The molecule has 0 aliphatic rings. The number of nitrogens with zero attached hydrogens (tertiary/aromatic N) is 4. The van der Waals surface area contributed by atoms with E-state index in [9.17, 15) is 0 Å². The molecule has 3 aromatic rings. The number of nitriles is 1. The molecule has 0 radical (unpaired) electrons. The van der Waals surface area contributed by atoms with Crippen LogP contribution in [0.2, 0.25) is 0 Å². The van der Waals surface area contributed by atoms with E-state index in [1.165, 1.54) is 23.1 Å². The van der Waals surface area contributed by atoms with Crippen LogP contribution in [0.3, 0.4) is 0 Å². The fraction of sp³-hybridized carbons (Fsp3) is 0. The van der Waals surface area contributed by atoms with E-state index in [1.54, 1.807) is 18.3 Å². The maximum atomic E-state index is 8.98. The number of thiophene rings is 1. The number of hydrogen-bond acceptors (Lipinski definition) is 7. The van der Waals surface area contributed by atoms with Crippen molar-refractivity contribution >= 4 is 23.1 Å². The van der Waals surface area contributed by atoms with Crippen molar-refractivity contribution in [3.05, 3.63) is 41.4 Å². The zero-order valence-electron chi connectivity index (χ0n) is 9.48. The highest BCUT2D eigenvalue weighted by molar-refractivity contribution is 7.99. The molecule has 0 aliphatic heterocycles. The Morgan fingerprint density at radius 3 is 3.00 bits per heavy atom. The maximum absolute atomic E-state index is 8.98. The lowest BCUT2D eigenvalue weighted by Crippen LogP contribution is -1.85. The van der Waals surface area contributed by atoms with E-state index in [-0.39, 0.29) is 0 Å². The highest BCUT2D eigenvalue weighted by Crippen LogP contribution is 2.30. The number of rotatable bonds is 3. The van der Waals surface area contributed by atoms with Crippen LogP contribution in [0.4, 0.5) is 0 Å². The average Bonchev–Trinajstić information content (AvgIpc) is 3.09. The van der Waals surface area contributed by atoms with Crippen LogP contribution >= 0.6 is 23.1 Å². The SMILES string of the molecule is N#Cc1cccnc1Sc1nnc(-c2cccs2)o1. The van der Waals surface area contributed by atoms with Crippen molar-refractivity contribution in [2.24, 2.45) is 0 Å². The summed E-state index contributed by atoms with van der Waals surface area (Å²) in [6.45, 7) is 0. The van der Waals surface area contributed by atoms with Gasteiger partial charge in [0.05, 0.1) is 10.4 Å². The first-order valence-electron chi connectivity index (χ1n) is 5.27. The van der Waals surface area contributed by atoms with Gasteiger partial charge in [-0.15, -0.1) is 21.5 Å². The highest BCUT2D eigenvalue weighted by atomic mass is 32.2. The molecule has 0 saturated carbocycles. The van der Waals surface area contributed by atoms with Crippen molar-refractivity contribution in [1.29, 1.82) is 5.26 Å². The second-order valence-electron chi connectivity index (χ2n) is 3.42. The van der Waals surface area contributed by atoms with Crippen molar-refractivity contribution in [3.8, 4) is 16.8 Å². The normalized spacial score (nSPS) is 10.3. The molecule has 0 aromatic carbocycles. The summed E-state index contributed by atoms with van der Waals surface area (Å²) in [5, 5.41) is 19.8. The Bertz CT molecular complexity index is 730. The highest BCUT2D eigenvalue weighted by Gasteiger charge is 2.13. The Labute approximate surface area is 116 Å². The van der Waals surface area contributed by atoms with Gasteiger partial charge < -0.3 is 4.42 Å². The second-order valence-corrected chi connectivity index (χ2v) is 5.31. The Hall–Kier alpha value is -2.17. The first-order valence-corrected chi connectivity index (χ1v) is 6.97. The minimum Gasteiger partial charge on any atom is -0.410 e. The summed E-state index contributed by atoms with van der Waals surface area (Å²) in [5.74, 6) is 0.479. The Morgan fingerprint density at radius 2 is 2.21 bits per heavy atom. The van der Waals surface area contributed by atoms with Crippen molar-refractivity contribution in [3.63, 3.8) is 0 Å². The van der Waals surface area contributed by atoms with Gasteiger partial charge in [-0.2, -0.15) is 5.26 Å². The summed E-state index contributed by atoms with van der Waals surface area (Å²) in [5.41, 5.74) is 0.489. The van der Waals surface area contributed by atoms with Crippen LogP contribution in [0, 0.1) is 11.3 Å². The van der Waals surface area contributed by atoms with Crippen molar-refractivity contribution < 1.29 is 4.42 Å². The third-order valence-corrected chi connectivity index (χ3v) is 3.93. The maximum Gasteiger partial charge on any atom is 0.283 e. The van der Waals surface area contributed by atoms with Crippen LogP contribution in [0.5, 0.6) is 0 Å². The molecular formula is C12H6N4OS2. The number of aromatic nitrogens is 3. The molecule has 7 heteroatoms. The fourth-order valence-corrected chi connectivity index (χ4v) is 2.74. The van der Waals surface area contributed by atoms with Crippen LogP contribution in [0.15, 0.2) is 50.5 Å². The van der Waals surface area contributed by atoms with Gasteiger partial charge >= 0.3 is 0 Å². The van der Waals surface area contributed by atoms with Crippen LogP contribution in [0.25, 0.3) is 10.8 Å². The van der Waals surface area contributed by atoms with Gasteiger partial charge in [-0.25, -0.2) is 4.98 Å². The van der Waals surface area contributed by atoms with Gasteiger partial charge in [0.15, 0.2) is 0 Å². The monoisotopic (exact) mass is 286 g/mol. The first kappa shape index (κ1) is 11.9. The molecule has 0 bridgehead atoms. The van der Waals surface area contributed by atoms with E-state index >= 15 is 0 Å². The first-order chi connectivity index (χ1) is 9.36. The minimum atomic E-state index is 0.374. The third kappa shape index (κ3) is 2.50. The fourth-order valence-electron chi connectivity index (χ4n) is 1.39. The lowest BCUT2D eigenvalue weighted by molar-refractivity contribution is 0.466. The Balaban J connectivity index is 1.87. The Kier molecular flexibility index (Phi) is 3.27. The minimum absolute atomic E-state index is 0.374. The molecule has 92 valence electrons. The molecule has 0 spiro atoms. The average molecular weight is 286 g/mol. The Morgan fingerprint density at radius 1 is 1.26 bits per heavy atom. The number of pyridine rings is 1. The van der Waals surface area contributed by atoms with Crippen molar-refractivity contribution in [1.82, 2.24) is 15.2 Å². The summed E-state index contributed by atoms with van der Waals surface area (Å²) in [6, 6.07) is 9.33. The van der Waals surface area contributed by atoms with E-state index in [0.29, 0.717) is 21.7 Å². The third-order valence-electron chi connectivity index (χ3n) is 2.21. The van der Waals surface area contributed by atoms with Gasteiger partial charge in [-0.3, -0.25) is 0 Å². The van der Waals surface area contributed by atoms with E-state index < -0.39 is 0 Å². The van der Waals surface area contributed by atoms with Crippen LogP contribution in [0.1, 0.15) is 5.56 Å². The van der Waals surface area contributed by atoms with E-state index in [4.69, 9.17) is 9.68 Å². The van der Waals surface area contributed by atoms with Crippen molar-refractivity contribution in [2.45, 2.75) is 10.2 Å². The standard InChI is InChI=1S/C12H6N4OS2/c13-7-8-3-1-5-14-11(8)19-12-16-15-10(17-12)9-4-2-6-18-9/h1-6H. The molecule has 3 heterocycles. The molecule has 5 nitrogen and oxygen atoms in total. The van der Waals surface area contributed by atoms with Gasteiger partial charge in [0, 0.05) is 6.20 Å². The van der Waals surface area contributed by atoms with Gasteiger partial charge in [-0.1, -0.05) is 6.07 Å². The van der Waals surface area contributed by atoms with Gasteiger partial charge in [0.25, 0.3) is 11.1 Å². The zero-order valence-corrected chi connectivity index (χ0v) is 11.1. The molecule has 3 aromatic heterocycles. The van der Waals surface area contributed by atoms with Crippen LogP contribution < -0.4 is 0 Å². The van der Waals surface area contributed by atoms with E-state index in [2.05, 4.69) is 21.3 Å². The van der Waals surface area contributed by atoms with E-state index in [0.717, 1.165) is 4.88 Å². The van der Waals surface area contributed by atoms with E-state index in [1.807, 2.05) is 17.5 Å². The smallest absolute Gasteiger partial charge is 0.283 e. The summed E-state index contributed by atoms with van der Waals surface area (Å²) >= 11 is 2.72. The largest absolute Gasteiger partial charge is 0.410 e. The lowest BCUT2D eigenvalue weighted by Gasteiger charge is -1.96. The summed E-state index contributed by atoms with van der Waals surface area (Å²) in [7, 11) is 0. The predicted molar refractivity (Wildman–Crippen MR) is 70.7 cm³/mol. The number of hydrogen-bond donors (Lipinski definition) is 0. The van der Waals surface area contributed by atoms with Crippen LogP contribution in [-0.2, 0) is 0 Å². The quantitative estimate of drug-likeness (QED) is 0.736. The molecule has 3 rings (SSSR count). The summed E-state index contributed by atoms with van der Waals surface area (Å²) in [6.07, 6.45) is 1.62. The molecule has 0 aliphatic carbocycles. The molecule has 0 atom stereocenters. The van der Waals surface area contributed by atoms with Gasteiger partial charge in [-0.05, 0) is 35.3 Å². The predicted octanol–water partition coefficient (Wildman–Crippen LogP) is 3.22. The molecule has 0 amide bonds. The second kappa shape index (κ2) is 5.22. The van der Waals surface area contributed by atoms with Gasteiger partial charge in [0.1, 0.15) is 11.1 Å². The molecule has 0 unspecified atom stereocenters. The van der Waals surface area contributed by atoms with Crippen molar-refractivity contribution in [2.75, 3.05) is 0 Å². The summed E-state index contributed by atoms with van der Waals surface area (Å²) in [4.78, 5) is 5.05. The zero-order chi connectivity index (χ0) is 13.1. The lowest BCUT2D eigenvalue weighted by atomic mass is 10.3. The topological polar surface area (TPSA) is 75.6 Å². The molecule has 0 fully saturated rings.